The highest BCUT2D eigenvalue weighted by Crippen LogP contribution is 2.47. The van der Waals surface area contributed by atoms with Crippen LogP contribution in [-0.2, 0) is 0 Å². The molecule has 0 spiro atoms. The summed E-state index contributed by atoms with van der Waals surface area (Å²) in [6.07, 6.45) is 26.7. The molecule has 3 heteroatoms. The van der Waals surface area contributed by atoms with Crippen molar-refractivity contribution in [3.63, 3.8) is 0 Å². The smallest absolute Gasteiger partial charge is 0.0842 e. The first-order valence-corrected chi connectivity index (χ1v) is 19.5. The van der Waals surface area contributed by atoms with Crippen LogP contribution >= 0.6 is 0 Å². The fraction of sp³-hybridized carbons (Fsp3) is 0.265. The van der Waals surface area contributed by atoms with Gasteiger partial charge in [-0.05, 0) is 89.0 Å². The summed E-state index contributed by atoms with van der Waals surface area (Å²) in [6.45, 7) is 2.39. The molecule has 2 heterocycles. The number of nitrogens with zero attached hydrogens (tertiary/aromatic N) is 1. The summed E-state index contributed by atoms with van der Waals surface area (Å²) in [5.74, 6) is 2.13. The quantitative estimate of drug-likeness (QED) is 0.194. The van der Waals surface area contributed by atoms with Gasteiger partial charge < -0.3 is 4.57 Å². The highest BCUT2D eigenvalue weighted by Gasteiger charge is 2.36. The molecule has 0 bridgehead atoms. The van der Waals surface area contributed by atoms with E-state index in [9.17, 15) is 0 Å². The molecule has 4 aromatic carbocycles. The van der Waals surface area contributed by atoms with E-state index in [0.29, 0.717) is 35.8 Å². The maximum Gasteiger partial charge on any atom is 0.0842 e. The zero-order valence-corrected chi connectivity index (χ0v) is 29.9. The molecule has 1 aliphatic heterocycles. The summed E-state index contributed by atoms with van der Waals surface area (Å²) in [7, 11) is 0. The third-order valence-corrected chi connectivity index (χ3v) is 12.7. The van der Waals surface area contributed by atoms with E-state index in [-0.39, 0.29) is 12.2 Å². The zero-order chi connectivity index (χ0) is 34.6. The Morgan fingerprint density at radius 2 is 1.29 bits per heavy atom. The van der Waals surface area contributed by atoms with Gasteiger partial charge in [0.15, 0.2) is 0 Å². The van der Waals surface area contributed by atoms with Crippen molar-refractivity contribution in [1.82, 2.24) is 15.2 Å². The first-order valence-electron chi connectivity index (χ1n) is 19.5. The van der Waals surface area contributed by atoms with E-state index in [4.69, 9.17) is 0 Å². The standard InChI is InChI=1S/C49H47N3/c1-32-29-38-24-23-37(30-44(38)41-14-6-5-13-40(32)41)33-19-21-34(22-20-33)45-31-46(51-49(50-45)36-11-3-2-4-12-36)35-25-27-39(28-26-35)52-47-17-9-7-15-42(47)43-16-8-10-18-48(43)52/h2-21,23-27,30,32,34,38-39,44-46,49-51H,22,28-29,31H2,1H3. The van der Waals surface area contributed by atoms with Crippen molar-refractivity contribution in [2.45, 2.75) is 68.7 Å². The summed E-state index contributed by atoms with van der Waals surface area (Å²) in [6, 6.07) is 38.7. The number of para-hydroxylation sites is 2. The number of benzene rings is 4. The van der Waals surface area contributed by atoms with Crippen LogP contribution in [0, 0.1) is 11.8 Å². The van der Waals surface area contributed by atoms with E-state index < -0.39 is 0 Å². The lowest BCUT2D eigenvalue weighted by molar-refractivity contribution is 0.228. The molecule has 4 aliphatic carbocycles. The van der Waals surface area contributed by atoms with Gasteiger partial charge in [-0.2, -0.15) is 0 Å². The number of fused-ring (bicyclic) bond motifs is 6. The Bertz CT molecular complexity index is 2280. The molecule has 0 radical (unpaired) electrons. The predicted octanol–water partition coefficient (Wildman–Crippen LogP) is 11.1. The Kier molecular flexibility index (Phi) is 8.07. The van der Waals surface area contributed by atoms with Crippen molar-refractivity contribution < 1.29 is 0 Å². The molecule has 1 fully saturated rings. The van der Waals surface area contributed by atoms with Crippen LogP contribution in [-0.4, -0.2) is 16.7 Å². The summed E-state index contributed by atoms with van der Waals surface area (Å²) in [5, 5.41) is 10.7. The summed E-state index contributed by atoms with van der Waals surface area (Å²) >= 11 is 0. The normalized spacial score (nSPS) is 29.7. The van der Waals surface area contributed by atoms with Crippen molar-refractivity contribution >= 4 is 21.8 Å². The Balaban J connectivity index is 0.890. The monoisotopic (exact) mass is 677 g/mol. The van der Waals surface area contributed by atoms with E-state index in [1.807, 2.05) is 0 Å². The van der Waals surface area contributed by atoms with Crippen molar-refractivity contribution in [2.75, 3.05) is 0 Å². The molecule has 3 nitrogen and oxygen atoms in total. The zero-order valence-electron chi connectivity index (χ0n) is 29.9. The van der Waals surface area contributed by atoms with Crippen LogP contribution in [0.15, 0.2) is 175 Å². The molecular formula is C49H47N3. The van der Waals surface area contributed by atoms with Gasteiger partial charge in [0.1, 0.15) is 0 Å². The summed E-state index contributed by atoms with van der Waals surface area (Å²) in [4.78, 5) is 0. The largest absolute Gasteiger partial charge is 0.333 e. The van der Waals surface area contributed by atoms with Crippen LogP contribution in [0.3, 0.4) is 0 Å². The van der Waals surface area contributed by atoms with Crippen molar-refractivity contribution in [2.24, 2.45) is 11.8 Å². The Morgan fingerprint density at radius 1 is 0.596 bits per heavy atom. The SMILES string of the molecule is CC1CC2C=CC(C3=CCC(C4CC(C5=CCC(n6c7ccccc7c7ccccc76)C=C5)NC(c5ccccc5)N4)C=C3)=CC2c2ccccc21. The number of aromatic nitrogens is 1. The molecule has 8 atom stereocenters. The van der Waals surface area contributed by atoms with Crippen molar-refractivity contribution in [1.29, 1.82) is 0 Å². The van der Waals surface area contributed by atoms with E-state index in [2.05, 4.69) is 180 Å². The third-order valence-electron chi connectivity index (χ3n) is 12.7. The van der Waals surface area contributed by atoms with Crippen molar-refractivity contribution in [3.05, 3.63) is 191 Å². The fourth-order valence-electron chi connectivity index (χ4n) is 10.0. The van der Waals surface area contributed by atoms with Gasteiger partial charge in [0.2, 0.25) is 0 Å². The molecule has 8 unspecified atom stereocenters. The molecule has 1 aromatic heterocycles. The van der Waals surface area contributed by atoms with Gasteiger partial charge in [0.25, 0.3) is 0 Å². The number of hydrogen-bond acceptors (Lipinski definition) is 2. The second-order valence-corrected chi connectivity index (χ2v) is 15.7. The van der Waals surface area contributed by atoms with Gasteiger partial charge in [0, 0.05) is 39.8 Å². The number of allylic oxidation sites excluding steroid dienone is 9. The van der Waals surface area contributed by atoms with Gasteiger partial charge in [-0.3, -0.25) is 10.6 Å². The maximum atomic E-state index is 4.05. The minimum Gasteiger partial charge on any atom is -0.333 e. The minimum atomic E-state index is 0.0998. The summed E-state index contributed by atoms with van der Waals surface area (Å²) in [5.41, 5.74) is 11.2. The third kappa shape index (κ3) is 5.59. The molecule has 10 rings (SSSR count). The fourth-order valence-corrected chi connectivity index (χ4v) is 10.0. The number of hydrogen-bond donors (Lipinski definition) is 2. The summed E-state index contributed by atoms with van der Waals surface area (Å²) < 4.78 is 2.54. The molecule has 0 saturated carbocycles. The van der Waals surface area contributed by atoms with Gasteiger partial charge >= 0.3 is 0 Å². The molecule has 2 N–H and O–H groups in total. The van der Waals surface area contributed by atoms with Crippen LogP contribution in [0.1, 0.15) is 73.3 Å². The molecular weight excluding hydrogens is 631 g/mol. The molecule has 5 aliphatic rings. The Labute approximate surface area is 307 Å². The van der Waals surface area contributed by atoms with Crippen LogP contribution in [0.5, 0.6) is 0 Å². The van der Waals surface area contributed by atoms with E-state index >= 15 is 0 Å². The van der Waals surface area contributed by atoms with Crippen LogP contribution in [0.4, 0.5) is 0 Å². The highest BCUT2D eigenvalue weighted by molar-refractivity contribution is 6.08. The lowest BCUT2D eigenvalue weighted by Gasteiger charge is -2.42. The first kappa shape index (κ1) is 31.7. The van der Waals surface area contributed by atoms with Gasteiger partial charge in [-0.15, -0.1) is 0 Å². The van der Waals surface area contributed by atoms with E-state index in [1.165, 1.54) is 61.6 Å². The van der Waals surface area contributed by atoms with Crippen molar-refractivity contribution in [3.8, 4) is 0 Å². The predicted molar refractivity (Wildman–Crippen MR) is 216 cm³/mol. The van der Waals surface area contributed by atoms with Gasteiger partial charge in [-0.1, -0.05) is 153 Å². The van der Waals surface area contributed by atoms with Crippen LogP contribution < -0.4 is 10.6 Å². The minimum absolute atomic E-state index is 0.0998. The van der Waals surface area contributed by atoms with Crippen LogP contribution in [0.25, 0.3) is 21.8 Å². The molecule has 1 saturated heterocycles. The first-order chi connectivity index (χ1) is 25.7. The molecule has 0 amide bonds. The Morgan fingerprint density at radius 3 is 2.02 bits per heavy atom. The second kappa shape index (κ2) is 13.2. The number of rotatable bonds is 5. The average Bonchev–Trinajstić information content (AvgIpc) is 3.55. The highest BCUT2D eigenvalue weighted by atomic mass is 15.2. The van der Waals surface area contributed by atoms with Gasteiger partial charge in [-0.25, -0.2) is 0 Å². The topological polar surface area (TPSA) is 29.0 Å². The molecule has 5 aromatic rings. The average molecular weight is 678 g/mol. The maximum absolute atomic E-state index is 4.05. The van der Waals surface area contributed by atoms with Gasteiger partial charge in [0.05, 0.1) is 12.2 Å². The molecule has 258 valence electrons. The molecule has 52 heavy (non-hydrogen) atoms. The van der Waals surface area contributed by atoms with E-state index in [0.717, 1.165) is 19.3 Å². The van der Waals surface area contributed by atoms with Crippen LogP contribution in [0.2, 0.25) is 0 Å². The van der Waals surface area contributed by atoms with E-state index in [1.54, 1.807) is 0 Å². The Hall–Kier alpha value is -4.96. The number of nitrogens with one attached hydrogen (secondary N) is 2. The lowest BCUT2D eigenvalue weighted by Crippen LogP contribution is -2.55. The second-order valence-electron chi connectivity index (χ2n) is 15.7. The lowest BCUT2D eigenvalue weighted by atomic mass is 9.68.